The van der Waals surface area contributed by atoms with E-state index in [0.29, 0.717) is 0 Å². The van der Waals surface area contributed by atoms with Crippen LogP contribution in [-0.2, 0) is 94.3 Å². The molecular weight excluding hydrogens is 1650 g/mol. The summed E-state index contributed by atoms with van der Waals surface area (Å²) >= 11 is 22.7. The summed E-state index contributed by atoms with van der Waals surface area (Å²) < 4.78 is 39.7. The fraction of sp³-hybridized carbons (Fsp3) is 0.319. The number of thiophene rings is 12. The zero-order chi connectivity index (χ0) is 82.1. The van der Waals surface area contributed by atoms with Crippen LogP contribution in [0.25, 0.3) is 139 Å². The fourth-order valence-corrected chi connectivity index (χ4v) is 31.9. The number of aryl methyl sites for hydroxylation is 23. The lowest BCUT2D eigenvalue weighted by molar-refractivity contribution is -0.680. The van der Waals surface area contributed by atoms with Crippen LogP contribution in [0.3, 0.4) is 0 Å². The van der Waals surface area contributed by atoms with Crippen molar-refractivity contribution in [1.82, 2.24) is 15.0 Å². The number of hydrogen-bond acceptors (Lipinski definition) is 15. The van der Waals surface area contributed by atoms with E-state index in [1.165, 1.54) is 227 Å². The number of hydrogen-bond donors (Lipinski definition) is 0. The van der Waals surface area contributed by atoms with E-state index in [1.54, 1.807) is 0 Å². The van der Waals surface area contributed by atoms with E-state index in [1.807, 2.05) is 155 Å². The van der Waals surface area contributed by atoms with Crippen LogP contribution in [0.1, 0.15) is 137 Å². The molecule has 19 heterocycles. The number of fused-ring (bicyclic) bond motifs is 21. The SMILES string of the molecule is CCc1c2c(cc[n+]1C)sc1c(C)csc12.CCc1c2c(nc[n+]1C)sc1c(C)csc12.CCc1c2sc3c(C)c(C)sc3c2cc[n+]1C.CCc1c2sc3c(C)c(C)sc3c2nc[n+]1C.CCc1c2sc3c(C)csc3c2cc[n+]1C.CCc1c2sc3c(C)csc3c2nc[n+]1C.CCc1cc2c(ccc3cc(C)ccc32)c[n+]1C. The Morgan fingerprint density at radius 3 is 1.29 bits per heavy atom. The van der Waals surface area contributed by atoms with Crippen molar-refractivity contribution >= 4 is 275 Å². The van der Waals surface area contributed by atoms with Crippen molar-refractivity contribution in [2.24, 2.45) is 49.3 Å². The molecule has 0 saturated heterocycles. The van der Waals surface area contributed by atoms with E-state index in [-0.39, 0.29) is 0 Å². The normalized spacial score (nSPS) is 11.6. The first-order valence-corrected chi connectivity index (χ1v) is 50.0. The van der Waals surface area contributed by atoms with Crippen LogP contribution in [0.15, 0.2) is 120 Å². The fourth-order valence-electron chi connectivity index (χ4n) is 16.0. The third kappa shape index (κ3) is 15.2. The number of aromatic nitrogens is 10. The van der Waals surface area contributed by atoms with Gasteiger partial charge in [-0.1, -0.05) is 89.6 Å². The summed E-state index contributed by atoms with van der Waals surface area (Å²) in [6.07, 6.45) is 22.1. The molecule has 21 rings (SSSR count). The Morgan fingerprint density at radius 1 is 0.293 bits per heavy atom. The van der Waals surface area contributed by atoms with Crippen LogP contribution >= 0.6 is 136 Å². The second-order valence-corrected chi connectivity index (χ2v) is 42.3. The monoisotopic (exact) mass is 1760 g/mol. The Bertz CT molecular complexity index is 6950. The van der Waals surface area contributed by atoms with Gasteiger partial charge >= 0.3 is 0 Å². The van der Waals surface area contributed by atoms with Gasteiger partial charge in [-0.05, 0) is 149 Å². The van der Waals surface area contributed by atoms with E-state index in [0.717, 1.165) is 44.9 Å². The quantitative estimate of drug-likeness (QED) is 0.118. The van der Waals surface area contributed by atoms with Gasteiger partial charge in [0.15, 0.2) is 47.6 Å². The van der Waals surface area contributed by atoms with Crippen molar-refractivity contribution in [3.05, 3.63) is 208 Å². The molecule has 0 bridgehead atoms. The lowest BCUT2D eigenvalue weighted by atomic mass is 10.0. The Hall–Kier alpha value is -7.68. The van der Waals surface area contributed by atoms with Gasteiger partial charge in [0, 0.05) is 119 Å². The zero-order valence-corrected chi connectivity index (χ0v) is 80.7. The topological polar surface area (TPSA) is 65.8 Å². The second-order valence-electron chi connectivity index (χ2n) is 30.2. The molecule has 0 aliphatic heterocycles. The first-order chi connectivity index (χ1) is 55.8. The van der Waals surface area contributed by atoms with Gasteiger partial charge in [-0.25, -0.2) is 32.0 Å². The Morgan fingerprint density at radius 2 is 0.716 bits per heavy atom. The molecule has 0 amide bonds. The van der Waals surface area contributed by atoms with Gasteiger partial charge in [0.1, 0.15) is 64.1 Å². The van der Waals surface area contributed by atoms with Crippen LogP contribution in [0.5, 0.6) is 0 Å². The molecule has 10 nitrogen and oxygen atoms in total. The van der Waals surface area contributed by atoms with Gasteiger partial charge in [-0.2, -0.15) is 0 Å². The third-order valence-electron chi connectivity index (χ3n) is 22.7. The number of pyridine rings is 4. The van der Waals surface area contributed by atoms with Crippen LogP contribution in [0, 0.1) is 62.3 Å². The van der Waals surface area contributed by atoms with Crippen LogP contribution in [-0.4, -0.2) is 15.0 Å². The minimum absolute atomic E-state index is 1.05. The molecule has 22 heteroatoms. The summed E-state index contributed by atoms with van der Waals surface area (Å²) in [5, 5.41) is 20.1. The molecule has 19 aromatic heterocycles. The molecule has 0 fully saturated rings. The average Bonchev–Trinajstić information content (AvgIpc) is 1.60. The predicted octanol–water partition coefficient (Wildman–Crippen LogP) is 25.4. The van der Waals surface area contributed by atoms with Crippen LogP contribution < -0.4 is 32.0 Å². The summed E-state index contributed by atoms with van der Waals surface area (Å²) in [5.74, 6) is 0. The van der Waals surface area contributed by atoms with Gasteiger partial charge in [0.2, 0.25) is 15.9 Å². The Kier molecular flexibility index (Phi) is 24.9. The highest BCUT2D eigenvalue weighted by molar-refractivity contribution is 7.35. The molecule has 0 N–H and O–H groups in total. The molecule has 0 radical (unpaired) electrons. The molecule has 116 heavy (non-hydrogen) atoms. The number of nitrogens with zero attached hydrogens (tertiary/aromatic N) is 10. The largest absolute Gasteiger partial charge is 0.287 e. The Balaban J connectivity index is 0.000000106. The maximum absolute atomic E-state index is 4.62. The Labute approximate surface area is 728 Å². The maximum Gasteiger partial charge on any atom is 0.287 e. The molecule has 0 atom stereocenters. The highest BCUT2D eigenvalue weighted by Gasteiger charge is 2.26. The van der Waals surface area contributed by atoms with Crippen LogP contribution in [0.2, 0.25) is 0 Å². The standard InChI is InChI=1S/C17H18N.C14H16NS2.C13H15N2S2.2C13H14NS2.2C12H13N2S2/c1-4-15-10-17-14(11-18(15)3)7-6-13-9-12(2)5-8-16(13)17;1-5-11-13-10(6-7-15(11)4)14-12(17-13)8(2)9(3)16-14;1-5-9-12-10(14-6-15(9)4)13-11(17-12)7(2)8(3)16-13;1-4-10-12-9(5-6-14(10)3)13-11(16-12)8(2)7-15-13;1-4-9-11-10(5-6-14(9)3)16-12-8(2)7-15-13(11)12;1-4-8-11-9(13-6-14(8)3)12-10(16-11)7(2)5-15-12;1-4-8-9-11-10(7(2)5-15-11)16-12(9)13-6-14(8)3/h5-11H,4H2,1-3H3;6-7H,5H2,1-4H3;6H,5H2,1-4H3;2*5-7H,4H2,1-3H3;2*5-6H,4H2,1-3H3/q7*+1. The second kappa shape index (κ2) is 34.6. The summed E-state index contributed by atoms with van der Waals surface area (Å²) in [7, 11) is 14.8. The van der Waals surface area contributed by atoms with Gasteiger partial charge in [0.25, 0.3) is 19.0 Å². The summed E-state index contributed by atoms with van der Waals surface area (Å²) in [5.41, 5.74) is 22.1. The third-order valence-corrected chi connectivity index (χ3v) is 38.4. The van der Waals surface area contributed by atoms with E-state index < -0.39 is 0 Å². The lowest BCUT2D eigenvalue weighted by Gasteiger charge is -2.06. The number of benzene rings is 2. The van der Waals surface area contributed by atoms with E-state index >= 15 is 0 Å². The predicted molar refractivity (Wildman–Crippen MR) is 515 cm³/mol. The van der Waals surface area contributed by atoms with Crippen molar-refractivity contribution in [2.45, 2.75) is 156 Å². The maximum atomic E-state index is 4.62. The van der Waals surface area contributed by atoms with Crippen molar-refractivity contribution in [3.8, 4) is 0 Å². The zero-order valence-electron chi connectivity index (χ0n) is 70.9. The molecule has 594 valence electrons. The molecule has 0 spiro atoms. The molecule has 2 aromatic carbocycles. The molecule has 0 aliphatic carbocycles. The summed E-state index contributed by atoms with van der Waals surface area (Å²) in [6, 6.07) is 20.2. The summed E-state index contributed by atoms with van der Waals surface area (Å²) in [4.78, 5) is 17.8. The highest BCUT2D eigenvalue weighted by Crippen LogP contribution is 2.47. The molecule has 0 saturated carbocycles. The minimum atomic E-state index is 1.05. The van der Waals surface area contributed by atoms with Crippen molar-refractivity contribution in [2.75, 3.05) is 0 Å². The molecular formula is C94H103N10S12+7. The van der Waals surface area contributed by atoms with Gasteiger partial charge in [-0.15, -0.1) is 125 Å². The van der Waals surface area contributed by atoms with E-state index in [4.69, 9.17) is 0 Å². The first kappa shape index (κ1) is 83.4. The molecule has 21 aromatic rings. The summed E-state index contributed by atoms with van der Waals surface area (Å²) in [6.45, 7) is 35.3. The molecule has 0 aliphatic rings. The van der Waals surface area contributed by atoms with Crippen molar-refractivity contribution < 1.29 is 32.0 Å². The average molecular weight is 1760 g/mol. The van der Waals surface area contributed by atoms with E-state index in [9.17, 15) is 0 Å². The van der Waals surface area contributed by atoms with Crippen LogP contribution in [0.4, 0.5) is 0 Å². The van der Waals surface area contributed by atoms with Gasteiger partial charge < -0.3 is 0 Å². The minimum Gasteiger partial charge on any atom is -0.236 e. The number of rotatable bonds is 7. The first-order valence-electron chi connectivity index (χ1n) is 39.9. The van der Waals surface area contributed by atoms with Crippen molar-refractivity contribution in [3.63, 3.8) is 0 Å². The van der Waals surface area contributed by atoms with E-state index in [2.05, 4.69) is 308 Å². The van der Waals surface area contributed by atoms with Gasteiger partial charge in [0.05, 0.1) is 74.2 Å². The molecule has 0 unspecified atom stereocenters. The smallest absolute Gasteiger partial charge is 0.236 e. The van der Waals surface area contributed by atoms with Gasteiger partial charge in [-0.3, -0.25) is 0 Å². The highest BCUT2D eigenvalue weighted by atomic mass is 32.1. The lowest BCUT2D eigenvalue weighted by Crippen LogP contribution is -2.33. The van der Waals surface area contributed by atoms with Crippen molar-refractivity contribution in [1.29, 1.82) is 0 Å².